The van der Waals surface area contributed by atoms with Gasteiger partial charge in [0.15, 0.2) is 0 Å². The van der Waals surface area contributed by atoms with E-state index in [1.54, 1.807) is 7.11 Å². The molecule has 0 amide bonds. The monoisotopic (exact) mass is 573 g/mol. The number of rotatable bonds is 12. The van der Waals surface area contributed by atoms with Crippen molar-refractivity contribution in [2.75, 3.05) is 61.2 Å². The highest BCUT2D eigenvalue weighted by Crippen LogP contribution is 2.36. The Morgan fingerprint density at radius 3 is 2.56 bits per heavy atom. The van der Waals surface area contributed by atoms with Crippen molar-refractivity contribution in [3.8, 4) is 5.75 Å². The molecule has 1 aliphatic heterocycles. The zero-order valence-electron chi connectivity index (χ0n) is 23.6. The molecule has 1 aliphatic rings. The van der Waals surface area contributed by atoms with Gasteiger partial charge in [-0.25, -0.2) is 4.98 Å². The molecule has 0 spiro atoms. The molecule has 2 aromatic carbocycles. The van der Waals surface area contributed by atoms with Crippen molar-refractivity contribution < 1.29 is 23.0 Å². The highest BCUT2D eigenvalue weighted by molar-refractivity contribution is 5.69. The summed E-state index contributed by atoms with van der Waals surface area (Å²) in [5.41, 5.74) is 3.43. The summed E-state index contributed by atoms with van der Waals surface area (Å²) >= 11 is 0. The number of aliphatic hydroxyl groups is 1. The fourth-order valence-corrected chi connectivity index (χ4v) is 5.13. The Hall–Kier alpha value is -3.77. The van der Waals surface area contributed by atoms with Gasteiger partial charge in [-0.15, -0.1) is 0 Å². The number of methoxy groups -OCH3 is 1. The first-order valence-electron chi connectivity index (χ1n) is 13.8. The van der Waals surface area contributed by atoms with Gasteiger partial charge >= 0.3 is 6.18 Å². The molecule has 0 atom stereocenters. The average molecular weight is 574 g/mol. The zero-order valence-corrected chi connectivity index (χ0v) is 23.6. The minimum absolute atomic E-state index is 0.0158. The first-order chi connectivity index (χ1) is 19.8. The minimum atomic E-state index is -4.62. The van der Waals surface area contributed by atoms with Gasteiger partial charge in [0.1, 0.15) is 17.1 Å². The largest absolute Gasteiger partial charge is 0.494 e. The van der Waals surface area contributed by atoms with E-state index in [2.05, 4.69) is 36.1 Å². The van der Waals surface area contributed by atoms with Gasteiger partial charge in [0.25, 0.3) is 0 Å². The number of nitrogens with one attached hydrogen (secondary N) is 4. The summed E-state index contributed by atoms with van der Waals surface area (Å²) in [7, 11) is 3.36. The van der Waals surface area contributed by atoms with Gasteiger partial charge in [-0.2, -0.15) is 18.2 Å². The Morgan fingerprint density at radius 1 is 1.12 bits per heavy atom. The van der Waals surface area contributed by atoms with E-state index < -0.39 is 11.7 Å². The molecule has 0 bridgehead atoms. The topological polar surface area (TPSA) is 107 Å². The van der Waals surface area contributed by atoms with Crippen molar-refractivity contribution in [3.63, 3.8) is 0 Å². The van der Waals surface area contributed by atoms with Crippen molar-refractivity contribution >= 4 is 28.8 Å². The van der Waals surface area contributed by atoms with Crippen LogP contribution in [0.5, 0.6) is 5.75 Å². The van der Waals surface area contributed by atoms with Crippen molar-refractivity contribution in [2.24, 2.45) is 0 Å². The number of benzene rings is 2. The van der Waals surface area contributed by atoms with Gasteiger partial charge in [-0.05, 0) is 48.6 Å². The number of nitrogens with zero attached hydrogens (tertiary/aromatic N) is 3. The van der Waals surface area contributed by atoms with Crippen LogP contribution in [-0.4, -0.2) is 61.5 Å². The van der Waals surface area contributed by atoms with E-state index in [4.69, 9.17) is 9.84 Å². The molecule has 1 saturated heterocycles. The molecule has 2 heterocycles. The van der Waals surface area contributed by atoms with Crippen molar-refractivity contribution in [3.05, 3.63) is 59.3 Å². The molecule has 41 heavy (non-hydrogen) atoms. The lowest BCUT2D eigenvalue weighted by Crippen LogP contribution is -2.43. The molecule has 1 fully saturated rings. The zero-order chi connectivity index (χ0) is 29.4. The maximum atomic E-state index is 13.8. The third-order valence-corrected chi connectivity index (χ3v) is 7.27. The highest BCUT2D eigenvalue weighted by atomic mass is 19.4. The van der Waals surface area contributed by atoms with Crippen LogP contribution in [0.3, 0.4) is 0 Å². The normalized spacial score (nSPS) is 14.2. The second kappa shape index (κ2) is 13.7. The van der Waals surface area contributed by atoms with E-state index in [0.717, 1.165) is 61.1 Å². The number of anilines is 5. The second-order valence-corrected chi connectivity index (χ2v) is 9.80. The van der Waals surface area contributed by atoms with Crippen LogP contribution in [0.25, 0.3) is 0 Å². The first-order valence-corrected chi connectivity index (χ1v) is 13.8. The lowest BCUT2D eigenvalue weighted by atomic mass is 10.0. The number of halogens is 3. The first kappa shape index (κ1) is 30.2. The molecule has 3 aromatic rings. The molecule has 4 rings (SSSR count). The lowest BCUT2D eigenvalue weighted by molar-refractivity contribution is -0.137. The molecular weight excluding hydrogens is 535 g/mol. The molecule has 0 saturated carbocycles. The van der Waals surface area contributed by atoms with Gasteiger partial charge in [-0.1, -0.05) is 19.1 Å². The van der Waals surface area contributed by atoms with Gasteiger partial charge in [-0.3, -0.25) is 0 Å². The van der Waals surface area contributed by atoms with E-state index in [-0.39, 0.29) is 24.9 Å². The van der Waals surface area contributed by atoms with E-state index in [1.165, 1.54) is 0 Å². The van der Waals surface area contributed by atoms with Crippen LogP contribution in [-0.2, 0) is 19.1 Å². The molecule has 0 radical (unpaired) electrons. The van der Waals surface area contributed by atoms with Crippen LogP contribution in [0, 0.1) is 0 Å². The quantitative estimate of drug-likeness (QED) is 0.204. The van der Waals surface area contributed by atoms with Crippen LogP contribution >= 0.6 is 0 Å². The van der Waals surface area contributed by atoms with Crippen molar-refractivity contribution in [2.45, 2.75) is 44.9 Å². The van der Waals surface area contributed by atoms with Crippen LogP contribution in [0.15, 0.2) is 42.6 Å². The number of hydrogen-bond donors (Lipinski definition) is 5. The molecule has 222 valence electrons. The van der Waals surface area contributed by atoms with E-state index in [9.17, 15) is 13.2 Å². The lowest BCUT2D eigenvalue weighted by Gasteiger charge is -2.34. The third kappa shape index (κ3) is 7.50. The van der Waals surface area contributed by atoms with E-state index in [0.29, 0.717) is 24.0 Å². The summed E-state index contributed by atoms with van der Waals surface area (Å²) in [5.74, 6) is 0.236. The summed E-state index contributed by atoms with van der Waals surface area (Å²) in [6.45, 7) is 4.59. The van der Waals surface area contributed by atoms with Gasteiger partial charge in [0.2, 0.25) is 5.95 Å². The van der Waals surface area contributed by atoms with Crippen molar-refractivity contribution in [1.82, 2.24) is 15.3 Å². The van der Waals surface area contributed by atoms with Gasteiger partial charge < -0.3 is 36.0 Å². The summed E-state index contributed by atoms with van der Waals surface area (Å²) in [6, 6.07) is 11.7. The molecule has 0 unspecified atom stereocenters. The van der Waals surface area contributed by atoms with E-state index >= 15 is 0 Å². The molecule has 1 aromatic heterocycles. The summed E-state index contributed by atoms with van der Waals surface area (Å²) in [4.78, 5) is 10.4. The van der Waals surface area contributed by atoms with Crippen LogP contribution in [0.4, 0.5) is 42.0 Å². The summed E-state index contributed by atoms with van der Waals surface area (Å²) in [6.07, 6.45) is -1.20. The number of aliphatic hydroxyl groups excluding tert-OH is 1. The fourth-order valence-electron chi connectivity index (χ4n) is 5.13. The molecule has 12 heteroatoms. The number of alkyl halides is 3. The molecule has 9 nitrogen and oxygen atoms in total. The Balaban J connectivity index is 1.52. The van der Waals surface area contributed by atoms with Gasteiger partial charge in [0, 0.05) is 62.9 Å². The van der Waals surface area contributed by atoms with E-state index in [1.807, 2.05) is 50.4 Å². The Labute approximate surface area is 238 Å². The summed E-state index contributed by atoms with van der Waals surface area (Å²) < 4.78 is 47.1. The van der Waals surface area contributed by atoms with Crippen molar-refractivity contribution in [1.29, 1.82) is 0 Å². The Morgan fingerprint density at radius 2 is 1.90 bits per heavy atom. The van der Waals surface area contributed by atoms with Crippen LogP contribution in [0.2, 0.25) is 0 Å². The summed E-state index contributed by atoms with van der Waals surface area (Å²) in [5, 5.41) is 21.4. The number of hydrogen-bond acceptors (Lipinski definition) is 9. The Bertz CT molecular complexity index is 1300. The number of aromatic nitrogens is 2. The SMILES string of the molecule is CCc1c(CNc2nc(Nc3ccc(N4CCC(NCCO)CC4)cc3OC)ncc2C(F)(F)F)cccc1NC. The maximum Gasteiger partial charge on any atom is 0.421 e. The van der Waals surface area contributed by atoms with Gasteiger partial charge in [0.05, 0.1) is 19.4 Å². The predicted molar refractivity (Wildman–Crippen MR) is 156 cm³/mol. The molecular formula is C29H38F3N7O2. The predicted octanol–water partition coefficient (Wildman–Crippen LogP) is 5.01. The smallest absolute Gasteiger partial charge is 0.421 e. The minimum Gasteiger partial charge on any atom is -0.494 e. The molecule has 5 N–H and O–H groups in total. The second-order valence-electron chi connectivity index (χ2n) is 9.80. The van der Waals surface area contributed by atoms with Crippen LogP contribution in [0.1, 0.15) is 36.5 Å². The average Bonchev–Trinajstić information content (AvgIpc) is 2.98. The number of piperidine rings is 1. The number of ether oxygens (including phenoxy) is 1. The standard InChI is InChI=1S/C29H38F3N7O2/c1-4-22-19(6-5-7-24(22)33-2)17-35-27-23(29(30,31)32)18-36-28(38-27)37-25-9-8-21(16-26(25)41-3)39-13-10-20(11-14-39)34-12-15-40/h5-9,16,18,20,33-34,40H,4,10-15,17H2,1-3H3,(H2,35,36,37,38). The maximum absolute atomic E-state index is 13.8. The van der Waals surface area contributed by atoms with Crippen LogP contribution < -0.4 is 30.9 Å². The Kier molecular flexibility index (Phi) is 10.1. The highest BCUT2D eigenvalue weighted by Gasteiger charge is 2.35. The fraction of sp³-hybridized carbons (Fsp3) is 0.448. The third-order valence-electron chi connectivity index (χ3n) is 7.27. The molecule has 0 aliphatic carbocycles.